The van der Waals surface area contributed by atoms with Crippen LogP contribution < -0.4 is 0 Å². The van der Waals surface area contributed by atoms with Crippen molar-refractivity contribution in [1.82, 2.24) is 0 Å². The summed E-state index contributed by atoms with van der Waals surface area (Å²) in [4.78, 5) is 0. The molecule has 0 aliphatic carbocycles. The van der Waals surface area contributed by atoms with Crippen molar-refractivity contribution >= 4 is 0 Å². The van der Waals surface area contributed by atoms with Crippen LogP contribution in [0.2, 0.25) is 0 Å². The van der Waals surface area contributed by atoms with Crippen LogP contribution in [0.4, 0.5) is 0 Å². The van der Waals surface area contributed by atoms with Crippen LogP contribution >= 0.6 is 0 Å². The first-order valence-corrected chi connectivity index (χ1v) is 16.8. The van der Waals surface area contributed by atoms with Crippen molar-refractivity contribution in [2.24, 2.45) is 0 Å². The van der Waals surface area contributed by atoms with Gasteiger partial charge in [0.25, 0.3) is 0 Å². The molecule has 0 unspecified atom stereocenters. The summed E-state index contributed by atoms with van der Waals surface area (Å²) in [5, 5.41) is 8.77. The number of aliphatic hydroxyl groups excluding tert-OH is 1. The SMILES string of the molecule is CCCCCCCCCOC(CCCCCCCCCCC/C=C\CCO)OCCCCCCCCC. The van der Waals surface area contributed by atoms with Crippen molar-refractivity contribution in [3.8, 4) is 0 Å². The highest BCUT2D eigenvalue weighted by Crippen LogP contribution is 2.15. The van der Waals surface area contributed by atoms with Crippen LogP contribution in [0.25, 0.3) is 0 Å². The molecule has 0 aliphatic heterocycles. The van der Waals surface area contributed by atoms with E-state index < -0.39 is 0 Å². The summed E-state index contributed by atoms with van der Waals surface area (Å²) in [5.74, 6) is 0. The molecule has 3 nitrogen and oxygen atoms in total. The fourth-order valence-electron chi connectivity index (χ4n) is 4.88. The lowest BCUT2D eigenvalue weighted by atomic mass is 10.1. The molecule has 3 heteroatoms. The van der Waals surface area contributed by atoms with Crippen molar-refractivity contribution in [3.63, 3.8) is 0 Å². The zero-order valence-corrected chi connectivity index (χ0v) is 25.5. The summed E-state index contributed by atoms with van der Waals surface area (Å²) in [5.41, 5.74) is 0. The molecule has 0 saturated heterocycles. The highest BCUT2D eigenvalue weighted by Gasteiger charge is 2.09. The minimum atomic E-state index is 0.0200. The van der Waals surface area contributed by atoms with Gasteiger partial charge < -0.3 is 14.6 Å². The summed E-state index contributed by atoms with van der Waals surface area (Å²) in [6.07, 6.45) is 38.1. The summed E-state index contributed by atoms with van der Waals surface area (Å²) < 4.78 is 12.4. The lowest BCUT2D eigenvalue weighted by Crippen LogP contribution is -2.19. The highest BCUT2D eigenvalue weighted by atomic mass is 16.7. The van der Waals surface area contributed by atoms with Crippen molar-refractivity contribution in [1.29, 1.82) is 0 Å². The van der Waals surface area contributed by atoms with E-state index in [9.17, 15) is 0 Å². The van der Waals surface area contributed by atoms with Crippen LogP contribution in [0.5, 0.6) is 0 Å². The molecule has 37 heavy (non-hydrogen) atoms. The molecule has 0 atom stereocenters. The van der Waals surface area contributed by atoms with Crippen LogP contribution in [0.15, 0.2) is 12.2 Å². The molecular weight excluding hydrogens is 456 g/mol. The molecule has 0 saturated carbocycles. The Balaban J connectivity index is 3.81. The zero-order chi connectivity index (χ0) is 26.9. The maximum atomic E-state index is 8.77. The topological polar surface area (TPSA) is 38.7 Å². The Morgan fingerprint density at radius 3 is 1.30 bits per heavy atom. The minimum absolute atomic E-state index is 0.0200. The smallest absolute Gasteiger partial charge is 0.157 e. The van der Waals surface area contributed by atoms with Crippen LogP contribution in [0, 0.1) is 0 Å². The molecule has 222 valence electrons. The van der Waals surface area contributed by atoms with E-state index in [1.54, 1.807) is 0 Å². The van der Waals surface area contributed by atoms with Gasteiger partial charge in [-0.3, -0.25) is 0 Å². The molecule has 0 aromatic carbocycles. The van der Waals surface area contributed by atoms with E-state index in [4.69, 9.17) is 14.6 Å². The molecule has 0 aromatic rings. The Labute approximate surface area is 233 Å². The molecule has 0 fully saturated rings. The van der Waals surface area contributed by atoms with E-state index in [1.807, 2.05) is 0 Å². The molecule has 0 amide bonds. The Kier molecular flexibility index (Phi) is 33.3. The largest absolute Gasteiger partial charge is 0.396 e. The van der Waals surface area contributed by atoms with Gasteiger partial charge in [-0.2, -0.15) is 0 Å². The first-order valence-electron chi connectivity index (χ1n) is 16.8. The third-order valence-corrected chi connectivity index (χ3v) is 7.38. The highest BCUT2D eigenvalue weighted by molar-refractivity contribution is 4.80. The Bertz CT molecular complexity index is 403. The van der Waals surface area contributed by atoms with Crippen LogP contribution in [0.1, 0.15) is 181 Å². The van der Waals surface area contributed by atoms with Crippen molar-refractivity contribution in [2.75, 3.05) is 19.8 Å². The van der Waals surface area contributed by atoms with Gasteiger partial charge in [0.2, 0.25) is 0 Å². The van der Waals surface area contributed by atoms with Crippen LogP contribution in [-0.4, -0.2) is 31.2 Å². The molecule has 1 N–H and O–H groups in total. The summed E-state index contributed by atoms with van der Waals surface area (Å²) in [6, 6.07) is 0. The van der Waals surface area contributed by atoms with Gasteiger partial charge in [0.05, 0.1) is 0 Å². The van der Waals surface area contributed by atoms with Crippen molar-refractivity contribution in [3.05, 3.63) is 12.2 Å². The average Bonchev–Trinajstić information content (AvgIpc) is 2.91. The fourth-order valence-corrected chi connectivity index (χ4v) is 4.88. The Morgan fingerprint density at radius 1 is 0.459 bits per heavy atom. The van der Waals surface area contributed by atoms with Gasteiger partial charge in [-0.25, -0.2) is 0 Å². The predicted octanol–water partition coefficient (Wildman–Crippen LogP) is 11.1. The summed E-state index contributed by atoms with van der Waals surface area (Å²) in [7, 11) is 0. The average molecular weight is 525 g/mol. The number of hydrogen-bond donors (Lipinski definition) is 1. The molecule has 0 radical (unpaired) electrons. The van der Waals surface area contributed by atoms with E-state index in [-0.39, 0.29) is 12.9 Å². The lowest BCUT2D eigenvalue weighted by molar-refractivity contribution is -0.148. The van der Waals surface area contributed by atoms with Gasteiger partial charge in [0.15, 0.2) is 6.29 Å². The second-order valence-corrected chi connectivity index (χ2v) is 11.2. The van der Waals surface area contributed by atoms with E-state index >= 15 is 0 Å². The zero-order valence-electron chi connectivity index (χ0n) is 25.5. The van der Waals surface area contributed by atoms with Gasteiger partial charge in [0.1, 0.15) is 0 Å². The standard InChI is InChI=1S/C34H68O3/c1-3-5-7-9-20-24-28-32-36-34(37-33-29-25-21-10-8-6-4-2)30-26-22-18-16-14-12-11-13-15-17-19-23-27-31-35/h19,23,34-35H,3-18,20-22,24-33H2,1-2H3/b23-19-. The first-order chi connectivity index (χ1) is 18.3. The van der Waals surface area contributed by atoms with Gasteiger partial charge in [-0.1, -0.05) is 148 Å². The van der Waals surface area contributed by atoms with Crippen molar-refractivity contribution in [2.45, 2.75) is 187 Å². The normalized spacial score (nSPS) is 11.9. The quantitative estimate of drug-likeness (QED) is 0.0540. The van der Waals surface area contributed by atoms with E-state index in [1.165, 1.54) is 154 Å². The second kappa shape index (κ2) is 33.6. The molecule has 0 aliphatic rings. The number of aliphatic hydroxyl groups is 1. The third-order valence-electron chi connectivity index (χ3n) is 7.38. The van der Waals surface area contributed by atoms with E-state index in [0.29, 0.717) is 0 Å². The van der Waals surface area contributed by atoms with Gasteiger partial charge in [-0.05, 0) is 44.9 Å². The molecule has 0 rings (SSSR count). The maximum Gasteiger partial charge on any atom is 0.157 e. The number of unbranched alkanes of at least 4 members (excludes halogenated alkanes) is 21. The third kappa shape index (κ3) is 31.7. The van der Waals surface area contributed by atoms with Gasteiger partial charge in [-0.15, -0.1) is 0 Å². The Hall–Kier alpha value is -0.380. The molecule has 0 bridgehead atoms. The number of ether oxygens (including phenoxy) is 2. The second-order valence-electron chi connectivity index (χ2n) is 11.2. The van der Waals surface area contributed by atoms with Crippen LogP contribution in [-0.2, 0) is 9.47 Å². The van der Waals surface area contributed by atoms with Gasteiger partial charge in [0, 0.05) is 19.8 Å². The van der Waals surface area contributed by atoms with E-state index in [2.05, 4.69) is 26.0 Å². The predicted molar refractivity (Wildman–Crippen MR) is 163 cm³/mol. The fraction of sp³-hybridized carbons (Fsp3) is 0.941. The maximum absolute atomic E-state index is 8.77. The first kappa shape index (κ1) is 36.6. The molecule has 0 spiro atoms. The van der Waals surface area contributed by atoms with Crippen LogP contribution in [0.3, 0.4) is 0 Å². The van der Waals surface area contributed by atoms with Gasteiger partial charge >= 0.3 is 0 Å². The number of hydrogen-bond acceptors (Lipinski definition) is 3. The van der Waals surface area contributed by atoms with Crippen molar-refractivity contribution < 1.29 is 14.6 Å². The Morgan fingerprint density at radius 2 is 0.838 bits per heavy atom. The summed E-state index contributed by atoms with van der Waals surface area (Å²) in [6.45, 7) is 6.57. The lowest BCUT2D eigenvalue weighted by Gasteiger charge is -2.19. The summed E-state index contributed by atoms with van der Waals surface area (Å²) >= 11 is 0. The number of rotatable bonds is 32. The van der Waals surface area contributed by atoms with E-state index in [0.717, 1.165) is 26.1 Å². The molecule has 0 aromatic heterocycles. The number of allylic oxidation sites excluding steroid dienone is 1. The minimum Gasteiger partial charge on any atom is -0.396 e. The molecule has 0 heterocycles. The monoisotopic (exact) mass is 525 g/mol. The molecular formula is C34H68O3.